The van der Waals surface area contributed by atoms with Crippen molar-refractivity contribution in [3.8, 4) is 0 Å². The Kier molecular flexibility index (Phi) is 7.29. The summed E-state index contributed by atoms with van der Waals surface area (Å²) in [4.78, 5) is 25.2. The van der Waals surface area contributed by atoms with Crippen molar-refractivity contribution in [3.63, 3.8) is 0 Å². The van der Waals surface area contributed by atoms with Crippen LogP contribution in [0, 0.1) is 3.14 Å². The first-order chi connectivity index (χ1) is 12.5. The Labute approximate surface area is 188 Å². The summed E-state index contributed by atoms with van der Waals surface area (Å²) in [6.07, 6.45) is 0. The van der Waals surface area contributed by atoms with E-state index < -0.39 is 0 Å². The first kappa shape index (κ1) is 20.4. The van der Waals surface area contributed by atoms with Crippen LogP contribution in [-0.2, 0) is 0 Å². The number of hydrogen-bond donors (Lipinski definition) is 0. The molecule has 3 rings (SSSR count). The fourth-order valence-electron chi connectivity index (χ4n) is 1.91. The van der Waals surface area contributed by atoms with E-state index in [1.165, 1.54) is 22.7 Å². The highest BCUT2D eigenvalue weighted by molar-refractivity contribution is 9.10. The SMILES string of the molecule is O=C(Sc1sc(=S)sc1SC(=O)c1ccccc1Br)c1ccccc1Br. The van der Waals surface area contributed by atoms with Crippen LogP contribution in [0.3, 0.4) is 0 Å². The Hall–Kier alpha value is -0.290. The first-order valence-corrected chi connectivity index (χ1v) is 12.3. The van der Waals surface area contributed by atoms with E-state index >= 15 is 0 Å². The molecule has 3 aromatic rings. The molecule has 0 bridgehead atoms. The van der Waals surface area contributed by atoms with Gasteiger partial charge in [0.2, 0.25) is 10.2 Å². The van der Waals surface area contributed by atoms with Gasteiger partial charge in [0.1, 0.15) is 3.14 Å². The molecule has 1 aromatic heterocycles. The van der Waals surface area contributed by atoms with Crippen LogP contribution in [0.1, 0.15) is 20.7 Å². The van der Waals surface area contributed by atoms with Crippen LogP contribution in [0.15, 0.2) is 65.9 Å². The zero-order valence-electron chi connectivity index (χ0n) is 12.7. The number of carbonyl (C=O) groups is 2. The summed E-state index contributed by atoms with van der Waals surface area (Å²) in [5.74, 6) is 0. The van der Waals surface area contributed by atoms with Crippen molar-refractivity contribution >= 4 is 101 Å². The van der Waals surface area contributed by atoms with Crippen molar-refractivity contribution in [2.75, 3.05) is 0 Å². The molecule has 0 atom stereocenters. The highest BCUT2D eigenvalue weighted by atomic mass is 79.9. The van der Waals surface area contributed by atoms with Gasteiger partial charge in [-0.1, -0.05) is 68.3 Å². The predicted molar refractivity (Wildman–Crippen MR) is 122 cm³/mol. The van der Waals surface area contributed by atoms with Crippen LogP contribution in [0.25, 0.3) is 0 Å². The largest absolute Gasteiger partial charge is 0.281 e. The van der Waals surface area contributed by atoms with Crippen molar-refractivity contribution in [1.29, 1.82) is 0 Å². The predicted octanol–water partition coefficient (Wildman–Crippen LogP) is 7.93. The van der Waals surface area contributed by atoms with Gasteiger partial charge in [0, 0.05) is 20.1 Å². The second-order valence-corrected chi connectivity index (χ2v) is 12.2. The molecule has 0 amide bonds. The number of benzene rings is 2. The second-order valence-electron chi connectivity index (χ2n) is 4.77. The summed E-state index contributed by atoms with van der Waals surface area (Å²) < 4.78 is 3.69. The highest BCUT2D eigenvalue weighted by Gasteiger charge is 2.20. The Balaban J connectivity index is 1.84. The topological polar surface area (TPSA) is 34.1 Å². The van der Waals surface area contributed by atoms with E-state index in [0.717, 1.165) is 40.9 Å². The van der Waals surface area contributed by atoms with Gasteiger partial charge in [-0.25, -0.2) is 0 Å². The standard InChI is InChI=1S/C17H8Br2O2S5/c18-11-7-3-1-5-9(11)13(20)23-15-16(26-17(22)25-15)24-14(21)10-6-2-4-8-12(10)19/h1-8H. The molecule has 0 aliphatic heterocycles. The molecule has 0 aliphatic carbocycles. The average molecular weight is 564 g/mol. The second kappa shape index (κ2) is 9.27. The number of thioether (sulfide) groups is 2. The summed E-state index contributed by atoms with van der Waals surface area (Å²) >= 11 is 17.0. The molecule has 2 nitrogen and oxygen atoms in total. The van der Waals surface area contributed by atoms with Gasteiger partial charge in [-0.05, 0) is 47.8 Å². The Morgan fingerprint density at radius 3 is 1.54 bits per heavy atom. The molecule has 0 radical (unpaired) electrons. The van der Waals surface area contributed by atoms with Crippen molar-refractivity contribution in [2.24, 2.45) is 0 Å². The minimum atomic E-state index is -0.0864. The van der Waals surface area contributed by atoms with Gasteiger partial charge >= 0.3 is 0 Å². The lowest BCUT2D eigenvalue weighted by Gasteiger charge is -2.04. The van der Waals surface area contributed by atoms with Crippen molar-refractivity contribution in [1.82, 2.24) is 0 Å². The molecule has 0 unspecified atom stereocenters. The maximum absolute atomic E-state index is 12.6. The quantitative estimate of drug-likeness (QED) is 0.238. The molecule has 1 heterocycles. The van der Waals surface area contributed by atoms with Crippen molar-refractivity contribution < 1.29 is 9.59 Å². The molecule has 0 saturated heterocycles. The van der Waals surface area contributed by atoms with Crippen LogP contribution in [0.2, 0.25) is 0 Å². The lowest BCUT2D eigenvalue weighted by molar-refractivity contribution is 0.108. The summed E-state index contributed by atoms with van der Waals surface area (Å²) in [6, 6.07) is 14.6. The normalized spacial score (nSPS) is 10.7. The van der Waals surface area contributed by atoms with Crippen LogP contribution < -0.4 is 0 Å². The number of rotatable bonds is 4. The number of hydrogen-bond acceptors (Lipinski definition) is 7. The minimum absolute atomic E-state index is 0.0864. The minimum Gasteiger partial charge on any atom is -0.281 e. The summed E-state index contributed by atoms with van der Waals surface area (Å²) in [5.41, 5.74) is 1.18. The van der Waals surface area contributed by atoms with Crippen molar-refractivity contribution in [2.45, 2.75) is 8.42 Å². The van der Waals surface area contributed by atoms with E-state index in [1.807, 2.05) is 36.4 Å². The third-order valence-corrected chi connectivity index (χ3v) is 9.68. The van der Waals surface area contributed by atoms with Gasteiger partial charge in [0.15, 0.2) is 0 Å². The molecule has 0 saturated carbocycles. The summed E-state index contributed by atoms with van der Waals surface area (Å²) in [5, 5.41) is -0.173. The molecular weight excluding hydrogens is 556 g/mol. The van der Waals surface area contributed by atoms with E-state index in [2.05, 4.69) is 31.9 Å². The van der Waals surface area contributed by atoms with Crippen LogP contribution >= 0.6 is 90.3 Å². The third-order valence-electron chi connectivity index (χ3n) is 3.08. The van der Waals surface area contributed by atoms with E-state index in [0.29, 0.717) is 14.3 Å². The van der Waals surface area contributed by atoms with E-state index in [9.17, 15) is 9.59 Å². The average Bonchev–Trinajstić information content (AvgIpc) is 2.94. The number of halogens is 2. The molecule has 0 aliphatic rings. The molecule has 132 valence electrons. The molecule has 0 spiro atoms. The first-order valence-electron chi connectivity index (χ1n) is 7.03. The maximum Gasteiger partial charge on any atom is 0.226 e. The van der Waals surface area contributed by atoms with Gasteiger partial charge in [-0.3, -0.25) is 9.59 Å². The van der Waals surface area contributed by atoms with E-state index in [1.54, 1.807) is 12.1 Å². The summed E-state index contributed by atoms with van der Waals surface area (Å²) in [7, 11) is 0. The fraction of sp³-hybridized carbons (Fsp3) is 0. The van der Waals surface area contributed by atoms with Gasteiger partial charge in [-0.2, -0.15) is 0 Å². The van der Waals surface area contributed by atoms with Gasteiger partial charge in [0.05, 0.1) is 8.42 Å². The zero-order chi connectivity index (χ0) is 18.7. The third kappa shape index (κ3) is 4.95. The number of carbonyl (C=O) groups excluding carboxylic acids is 2. The Morgan fingerprint density at radius 2 is 1.15 bits per heavy atom. The molecular formula is C17H8Br2O2S5. The van der Waals surface area contributed by atoms with Gasteiger partial charge in [-0.15, -0.1) is 22.7 Å². The maximum atomic E-state index is 12.6. The molecule has 9 heteroatoms. The van der Waals surface area contributed by atoms with Crippen LogP contribution in [0.5, 0.6) is 0 Å². The van der Waals surface area contributed by atoms with Gasteiger partial charge < -0.3 is 0 Å². The monoisotopic (exact) mass is 562 g/mol. The smallest absolute Gasteiger partial charge is 0.226 e. The molecule has 0 fully saturated rings. The fourth-order valence-corrected chi connectivity index (χ4v) is 8.74. The van der Waals surface area contributed by atoms with Crippen molar-refractivity contribution in [3.05, 3.63) is 71.7 Å². The lowest BCUT2D eigenvalue weighted by atomic mass is 10.2. The Morgan fingerprint density at radius 1 is 0.769 bits per heavy atom. The van der Waals surface area contributed by atoms with Gasteiger partial charge in [0.25, 0.3) is 0 Å². The van der Waals surface area contributed by atoms with E-state index in [-0.39, 0.29) is 10.2 Å². The lowest BCUT2D eigenvalue weighted by Crippen LogP contribution is -1.95. The Bertz CT molecular complexity index is 961. The zero-order valence-corrected chi connectivity index (χ0v) is 20.0. The molecule has 26 heavy (non-hydrogen) atoms. The van der Waals surface area contributed by atoms with Crippen LogP contribution in [0.4, 0.5) is 0 Å². The molecule has 2 aromatic carbocycles. The molecule has 0 N–H and O–H groups in total. The van der Waals surface area contributed by atoms with E-state index in [4.69, 9.17) is 12.2 Å². The highest BCUT2D eigenvalue weighted by Crippen LogP contribution is 2.43. The van der Waals surface area contributed by atoms with Crippen LogP contribution in [-0.4, -0.2) is 10.2 Å². The summed E-state index contributed by atoms with van der Waals surface area (Å²) in [6.45, 7) is 0.